The van der Waals surface area contributed by atoms with Gasteiger partial charge in [-0.2, -0.15) is 5.26 Å². The van der Waals surface area contributed by atoms with Crippen LogP contribution in [0.4, 0.5) is 0 Å². The number of piperazine rings is 1. The Bertz CT molecular complexity index is 715. The minimum Gasteiger partial charge on any atom is -0.494 e. The Morgan fingerprint density at radius 1 is 1.33 bits per heavy atom. The average molecular weight is 370 g/mol. The van der Waals surface area contributed by atoms with Crippen LogP contribution in [0.15, 0.2) is 30.0 Å². The fraction of sp³-hybridized carbons (Fsp3) is 0.524. The number of carbonyl (C=O) groups excluding carboxylic acids is 1. The lowest BCUT2D eigenvalue weighted by atomic mass is 10.0. The highest BCUT2D eigenvalue weighted by atomic mass is 16.5. The molecule has 0 aliphatic carbocycles. The molecule has 1 aromatic carbocycles. The summed E-state index contributed by atoms with van der Waals surface area (Å²) in [6, 6.07) is 7.71. The molecular weight excluding hydrogens is 340 g/mol. The number of nitrogens with zero attached hydrogens (tertiary/aromatic N) is 3. The predicted octanol–water partition coefficient (Wildman–Crippen LogP) is 2.62. The molecule has 1 N–H and O–H groups in total. The molecule has 6 heteroatoms. The molecule has 2 rings (SSSR count). The lowest BCUT2D eigenvalue weighted by Gasteiger charge is -2.33. The lowest BCUT2D eigenvalue weighted by molar-refractivity contribution is -0.117. The summed E-state index contributed by atoms with van der Waals surface area (Å²) in [4.78, 5) is 17.0. The van der Waals surface area contributed by atoms with Crippen LogP contribution in [-0.2, 0) is 4.79 Å². The van der Waals surface area contributed by atoms with Crippen molar-refractivity contribution in [2.24, 2.45) is 0 Å². The van der Waals surface area contributed by atoms with Crippen LogP contribution in [-0.4, -0.2) is 55.0 Å². The zero-order valence-electron chi connectivity index (χ0n) is 16.8. The molecule has 1 saturated heterocycles. The van der Waals surface area contributed by atoms with Gasteiger partial charge < -0.3 is 19.9 Å². The molecule has 27 heavy (non-hydrogen) atoms. The largest absolute Gasteiger partial charge is 0.494 e. The van der Waals surface area contributed by atoms with Crippen molar-refractivity contribution in [2.45, 2.75) is 33.7 Å². The van der Waals surface area contributed by atoms with E-state index in [1.54, 1.807) is 6.20 Å². The van der Waals surface area contributed by atoms with E-state index in [9.17, 15) is 10.1 Å². The molecule has 1 atom stereocenters. The maximum atomic E-state index is 12.6. The third-order valence-corrected chi connectivity index (χ3v) is 4.81. The van der Waals surface area contributed by atoms with Gasteiger partial charge in [0, 0.05) is 37.9 Å². The van der Waals surface area contributed by atoms with E-state index in [1.165, 1.54) is 0 Å². The van der Waals surface area contributed by atoms with Crippen molar-refractivity contribution in [1.82, 2.24) is 15.1 Å². The van der Waals surface area contributed by atoms with Gasteiger partial charge >= 0.3 is 0 Å². The van der Waals surface area contributed by atoms with Crippen LogP contribution >= 0.6 is 0 Å². The van der Waals surface area contributed by atoms with Crippen LogP contribution in [0.2, 0.25) is 0 Å². The summed E-state index contributed by atoms with van der Waals surface area (Å²) >= 11 is 0. The van der Waals surface area contributed by atoms with Gasteiger partial charge in [0.1, 0.15) is 17.4 Å². The Morgan fingerprint density at radius 3 is 2.63 bits per heavy atom. The molecule has 6 nitrogen and oxygen atoms in total. The molecule has 1 aliphatic rings. The number of hydrogen-bond acceptors (Lipinski definition) is 5. The van der Waals surface area contributed by atoms with Gasteiger partial charge in [-0.3, -0.25) is 4.79 Å². The average Bonchev–Trinajstić information content (AvgIpc) is 2.67. The number of rotatable bonds is 7. The van der Waals surface area contributed by atoms with Crippen molar-refractivity contribution in [3.8, 4) is 11.8 Å². The number of likely N-dealkylation sites (N-methyl/N-ethyl adjacent to an activating group) is 1. The number of ether oxygens (including phenoxy) is 1. The van der Waals surface area contributed by atoms with Crippen molar-refractivity contribution < 1.29 is 9.53 Å². The number of aryl methyl sites for hydroxylation is 1. The predicted molar refractivity (Wildman–Crippen MR) is 106 cm³/mol. The maximum Gasteiger partial charge on any atom is 0.263 e. The zero-order chi connectivity index (χ0) is 19.8. The van der Waals surface area contributed by atoms with Crippen LogP contribution < -0.4 is 10.1 Å². The van der Waals surface area contributed by atoms with Crippen LogP contribution in [0.1, 0.15) is 37.9 Å². The summed E-state index contributed by atoms with van der Waals surface area (Å²) in [5, 5.41) is 12.4. The number of amides is 1. The van der Waals surface area contributed by atoms with E-state index in [-0.39, 0.29) is 17.5 Å². The molecule has 0 aromatic heterocycles. The Kier molecular flexibility index (Phi) is 7.68. The Balaban J connectivity index is 2.07. The van der Waals surface area contributed by atoms with Gasteiger partial charge in [-0.1, -0.05) is 24.6 Å². The summed E-state index contributed by atoms with van der Waals surface area (Å²) in [6.07, 6.45) is 1.69. The fourth-order valence-corrected chi connectivity index (χ4v) is 3.17. The standard InChI is InChI=1S/C21H30N4O2/c1-5-24-9-11-25(12-10-24)15-18(14-22)21(26)23-17(4)19-13-16(3)7-8-20(19)27-6-2/h7-8,13,15,17H,5-6,9-12H2,1-4H3,(H,23,26)/b18-15-. The molecule has 0 bridgehead atoms. The van der Waals surface area contributed by atoms with E-state index in [0.29, 0.717) is 6.61 Å². The van der Waals surface area contributed by atoms with Gasteiger partial charge in [-0.05, 0) is 33.4 Å². The minimum atomic E-state index is -0.355. The van der Waals surface area contributed by atoms with Crippen LogP contribution in [0.3, 0.4) is 0 Å². The topological polar surface area (TPSA) is 68.6 Å². The Hall–Kier alpha value is -2.52. The summed E-state index contributed by atoms with van der Waals surface area (Å²) in [7, 11) is 0. The molecular formula is C21H30N4O2. The number of carbonyl (C=O) groups is 1. The van der Waals surface area contributed by atoms with Crippen molar-refractivity contribution >= 4 is 5.91 Å². The third kappa shape index (κ3) is 5.73. The highest BCUT2D eigenvalue weighted by Gasteiger charge is 2.19. The number of nitriles is 1. The normalized spacial score (nSPS) is 16.6. The third-order valence-electron chi connectivity index (χ3n) is 4.81. The lowest BCUT2D eigenvalue weighted by Crippen LogP contribution is -2.44. The van der Waals surface area contributed by atoms with E-state index in [4.69, 9.17) is 4.74 Å². The van der Waals surface area contributed by atoms with Crippen LogP contribution in [0, 0.1) is 18.3 Å². The second-order valence-electron chi connectivity index (χ2n) is 6.79. The van der Waals surface area contributed by atoms with Crippen molar-refractivity contribution in [1.29, 1.82) is 5.26 Å². The second-order valence-corrected chi connectivity index (χ2v) is 6.79. The Morgan fingerprint density at radius 2 is 2.04 bits per heavy atom. The molecule has 146 valence electrons. The molecule has 1 fully saturated rings. The fourth-order valence-electron chi connectivity index (χ4n) is 3.17. The molecule has 0 saturated carbocycles. The van der Waals surface area contributed by atoms with E-state index in [1.807, 2.05) is 49.9 Å². The van der Waals surface area contributed by atoms with E-state index < -0.39 is 0 Å². The summed E-state index contributed by atoms with van der Waals surface area (Å²) in [5.41, 5.74) is 2.15. The number of benzene rings is 1. The maximum absolute atomic E-state index is 12.6. The first-order valence-electron chi connectivity index (χ1n) is 9.61. The summed E-state index contributed by atoms with van der Waals surface area (Å²) in [5.74, 6) is 0.404. The van der Waals surface area contributed by atoms with Crippen molar-refractivity contribution in [3.63, 3.8) is 0 Å². The monoisotopic (exact) mass is 370 g/mol. The van der Waals surface area contributed by atoms with Gasteiger partial charge in [0.25, 0.3) is 5.91 Å². The summed E-state index contributed by atoms with van der Waals surface area (Å²) < 4.78 is 5.68. The molecule has 0 radical (unpaired) electrons. The van der Waals surface area contributed by atoms with Crippen LogP contribution in [0.5, 0.6) is 5.75 Å². The highest BCUT2D eigenvalue weighted by Crippen LogP contribution is 2.26. The Labute approximate surface area is 162 Å². The van der Waals surface area contributed by atoms with Crippen molar-refractivity contribution in [3.05, 3.63) is 41.1 Å². The first-order valence-corrected chi connectivity index (χ1v) is 9.61. The quantitative estimate of drug-likeness (QED) is 0.590. The SMILES string of the molecule is CCOc1ccc(C)cc1C(C)NC(=O)/C(C#N)=C\N1CCN(CC)CC1. The first kappa shape index (κ1) is 20.8. The van der Waals surface area contributed by atoms with Crippen molar-refractivity contribution in [2.75, 3.05) is 39.3 Å². The van der Waals surface area contributed by atoms with Gasteiger partial charge in [0.05, 0.1) is 12.6 Å². The number of nitrogens with one attached hydrogen (secondary N) is 1. The molecule has 1 aromatic rings. The molecule has 1 heterocycles. The molecule has 1 aliphatic heterocycles. The molecule has 1 amide bonds. The van der Waals surface area contributed by atoms with Gasteiger partial charge in [-0.25, -0.2) is 0 Å². The van der Waals surface area contributed by atoms with Crippen LogP contribution in [0.25, 0.3) is 0 Å². The van der Waals surface area contributed by atoms with E-state index in [2.05, 4.69) is 17.1 Å². The van der Waals surface area contributed by atoms with Gasteiger partial charge in [0.2, 0.25) is 0 Å². The zero-order valence-corrected chi connectivity index (χ0v) is 16.8. The number of hydrogen-bond donors (Lipinski definition) is 1. The smallest absolute Gasteiger partial charge is 0.263 e. The first-order chi connectivity index (χ1) is 13.0. The molecule has 0 spiro atoms. The second kappa shape index (κ2) is 9.98. The van der Waals surface area contributed by atoms with Gasteiger partial charge in [-0.15, -0.1) is 0 Å². The van der Waals surface area contributed by atoms with E-state index >= 15 is 0 Å². The minimum absolute atomic E-state index is 0.136. The van der Waals surface area contributed by atoms with E-state index in [0.717, 1.165) is 49.6 Å². The highest BCUT2D eigenvalue weighted by molar-refractivity contribution is 5.97. The summed E-state index contributed by atoms with van der Waals surface area (Å²) in [6.45, 7) is 13.1. The van der Waals surface area contributed by atoms with Gasteiger partial charge in [0.15, 0.2) is 0 Å². The molecule has 1 unspecified atom stereocenters.